The summed E-state index contributed by atoms with van der Waals surface area (Å²) in [5, 5.41) is 0. The van der Waals surface area contributed by atoms with Crippen LogP contribution in [0, 0.1) is 5.92 Å². The number of halogens is 1. The minimum atomic E-state index is 0.571. The van der Waals surface area contributed by atoms with Gasteiger partial charge in [0.15, 0.2) is 0 Å². The van der Waals surface area contributed by atoms with Crippen molar-refractivity contribution in [3.63, 3.8) is 0 Å². The van der Waals surface area contributed by atoms with E-state index in [1.54, 1.807) is 37.3 Å². The molecule has 10 nitrogen and oxygen atoms in total. The van der Waals surface area contributed by atoms with Crippen molar-refractivity contribution in [1.29, 1.82) is 0 Å². The average Bonchev–Trinajstić information content (AvgIpc) is 3.67. The van der Waals surface area contributed by atoms with Crippen LogP contribution in [0.15, 0.2) is 116 Å². The molecule has 12 heteroatoms. The molecular formula is C35H44ClN6O4Os. The van der Waals surface area contributed by atoms with Gasteiger partial charge in [0.1, 0.15) is 0 Å². The molecule has 0 aromatic carbocycles. The predicted molar refractivity (Wildman–Crippen MR) is 181 cm³/mol. The Kier molecular flexibility index (Phi) is 23.4. The Balaban J connectivity index is 0.000000252. The standard InChI is InChI=1S/C15H28N2O4.2C10H8N2.ClH.Os/c1-15(2)13-21-12-11-20-10-9-19-8-7-18-6-5-17-4-3-16-14-17;2*1-3-7-11-9(5-1)10-6-2-4-8-12-10;;/h3-4,14-15H,5-13H2,1-2H3;2*1-8H;1H;/q;;;;+1/p-1. The number of hydrogen-bond donors (Lipinski definition) is 0. The maximum atomic E-state index is 5.45. The van der Waals surface area contributed by atoms with Crippen molar-refractivity contribution in [3.8, 4) is 22.8 Å². The van der Waals surface area contributed by atoms with Crippen LogP contribution in [-0.4, -0.2) is 82.3 Å². The molecule has 0 atom stereocenters. The second-order valence-corrected chi connectivity index (χ2v) is 9.97. The minimum absolute atomic E-state index is 0.571. The summed E-state index contributed by atoms with van der Waals surface area (Å²) in [6.45, 7) is 10.2. The van der Waals surface area contributed by atoms with E-state index in [9.17, 15) is 0 Å². The third-order valence-electron chi connectivity index (χ3n) is 5.80. The zero-order valence-corrected chi connectivity index (χ0v) is 30.3. The fourth-order valence-corrected chi connectivity index (χ4v) is 3.62. The van der Waals surface area contributed by atoms with E-state index in [-0.39, 0.29) is 0 Å². The van der Waals surface area contributed by atoms with Crippen LogP contribution in [0.2, 0.25) is 0 Å². The van der Waals surface area contributed by atoms with Crippen LogP contribution in [0.5, 0.6) is 0 Å². The molecule has 0 aliphatic rings. The van der Waals surface area contributed by atoms with Crippen LogP contribution < -0.4 is 0 Å². The number of pyridine rings is 4. The largest absolute Gasteiger partial charge is 0.255 e. The molecule has 0 unspecified atom stereocenters. The Hall–Kier alpha value is -3.42. The summed E-state index contributed by atoms with van der Waals surface area (Å²) < 4.78 is 23.6. The molecule has 0 aliphatic heterocycles. The quantitative estimate of drug-likeness (QED) is 0.102. The number of ether oxygens (including phenoxy) is 4. The van der Waals surface area contributed by atoms with Crippen molar-refractivity contribution in [3.05, 3.63) is 116 Å². The van der Waals surface area contributed by atoms with Gasteiger partial charge in [-0.1, -0.05) is 38.1 Å². The minimum Gasteiger partial charge on any atom is -0.255 e. The summed E-state index contributed by atoms with van der Waals surface area (Å²) in [7, 11) is 4.67. The second-order valence-electron chi connectivity index (χ2n) is 9.97. The van der Waals surface area contributed by atoms with Crippen LogP contribution in [0.4, 0.5) is 0 Å². The van der Waals surface area contributed by atoms with Gasteiger partial charge in [-0.2, -0.15) is 0 Å². The second kappa shape index (κ2) is 27.7. The third kappa shape index (κ3) is 19.7. The van der Waals surface area contributed by atoms with Gasteiger partial charge in [-0.25, -0.2) is 4.98 Å². The van der Waals surface area contributed by atoms with Gasteiger partial charge in [0.05, 0.1) is 75.4 Å². The van der Waals surface area contributed by atoms with Gasteiger partial charge in [0, 0.05) is 50.3 Å². The molecule has 0 spiro atoms. The maximum Gasteiger partial charge on any atom is 0.0886 e. The van der Waals surface area contributed by atoms with Crippen LogP contribution in [-0.2, 0) is 43.1 Å². The Morgan fingerprint density at radius 3 is 1.26 bits per heavy atom. The molecule has 0 saturated carbocycles. The topological polar surface area (TPSA) is 106 Å². The monoisotopic (exact) mass is 839 g/mol. The van der Waals surface area contributed by atoms with Crippen LogP contribution in [0.3, 0.4) is 0 Å². The van der Waals surface area contributed by atoms with E-state index in [1.807, 2.05) is 83.6 Å². The number of imidazole rings is 1. The Morgan fingerprint density at radius 1 is 0.553 bits per heavy atom. The van der Waals surface area contributed by atoms with Crippen molar-refractivity contribution in [2.24, 2.45) is 5.92 Å². The third-order valence-corrected chi connectivity index (χ3v) is 5.80. The molecule has 0 bridgehead atoms. The summed E-state index contributed by atoms with van der Waals surface area (Å²) in [5.74, 6) is 0.571. The first-order valence-electron chi connectivity index (χ1n) is 15.3. The van der Waals surface area contributed by atoms with Crippen molar-refractivity contribution in [1.82, 2.24) is 29.5 Å². The molecule has 47 heavy (non-hydrogen) atoms. The van der Waals surface area contributed by atoms with E-state index in [4.69, 9.17) is 18.9 Å². The molecule has 0 amide bonds. The van der Waals surface area contributed by atoms with Crippen LogP contribution in [0.1, 0.15) is 13.8 Å². The first kappa shape index (κ1) is 39.8. The zero-order valence-electron chi connectivity index (χ0n) is 27.0. The van der Waals surface area contributed by atoms with E-state index in [0.717, 1.165) is 35.9 Å². The van der Waals surface area contributed by atoms with E-state index in [2.05, 4.69) is 48.4 Å². The van der Waals surface area contributed by atoms with E-state index < -0.39 is 0 Å². The van der Waals surface area contributed by atoms with Crippen molar-refractivity contribution in [2.75, 3.05) is 52.9 Å². The SMILES string of the molecule is CC(C)COCCOCCOCCOCCn1ccnc1.[Cl][Os].c1ccc(-c2ccccn2)nc1.c1ccc(-c2ccccn2)nc1. The Morgan fingerprint density at radius 2 is 0.936 bits per heavy atom. The van der Waals surface area contributed by atoms with Gasteiger partial charge in [-0.3, -0.25) is 19.9 Å². The maximum absolute atomic E-state index is 5.45. The molecule has 5 aromatic heterocycles. The molecule has 5 rings (SSSR count). The van der Waals surface area contributed by atoms with E-state index in [1.165, 1.54) is 17.6 Å². The average molecular weight is 838 g/mol. The zero-order chi connectivity index (χ0) is 33.6. The molecule has 0 radical (unpaired) electrons. The summed E-state index contributed by atoms with van der Waals surface area (Å²) in [6, 6.07) is 23.2. The molecule has 5 aromatic rings. The number of nitrogens with zero attached hydrogens (tertiary/aromatic N) is 6. The molecular weight excluding hydrogens is 794 g/mol. The van der Waals surface area contributed by atoms with Crippen LogP contribution >= 0.6 is 9.64 Å². The van der Waals surface area contributed by atoms with Gasteiger partial charge >= 0.3 is 27.2 Å². The van der Waals surface area contributed by atoms with Gasteiger partial charge in [0.2, 0.25) is 0 Å². The molecule has 0 aliphatic carbocycles. The van der Waals surface area contributed by atoms with Gasteiger partial charge in [0.25, 0.3) is 0 Å². The first-order valence-corrected chi connectivity index (χ1v) is 18.4. The van der Waals surface area contributed by atoms with Crippen molar-refractivity contribution < 1.29 is 36.5 Å². The fraction of sp³-hybridized carbons (Fsp3) is 0.343. The molecule has 0 N–H and O–H groups in total. The number of aromatic nitrogens is 6. The van der Waals surface area contributed by atoms with Gasteiger partial charge in [-0.15, -0.1) is 0 Å². The van der Waals surface area contributed by atoms with Gasteiger partial charge < -0.3 is 23.5 Å². The van der Waals surface area contributed by atoms with E-state index in [0.29, 0.717) is 52.2 Å². The molecule has 0 fully saturated rings. The van der Waals surface area contributed by atoms with Crippen molar-refractivity contribution >= 4 is 9.64 Å². The van der Waals surface area contributed by atoms with E-state index >= 15 is 0 Å². The summed E-state index contributed by atoms with van der Waals surface area (Å²) >= 11 is 1.33. The van der Waals surface area contributed by atoms with Crippen molar-refractivity contribution in [2.45, 2.75) is 20.4 Å². The summed E-state index contributed by atoms with van der Waals surface area (Å²) in [6.07, 6.45) is 12.5. The summed E-state index contributed by atoms with van der Waals surface area (Å²) in [4.78, 5) is 20.7. The van der Waals surface area contributed by atoms with Gasteiger partial charge in [-0.05, 0) is 54.4 Å². The first-order chi connectivity index (χ1) is 23.2. The fourth-order valence-electron chi connectivity index (χ4n) is 3.62. The van der Waals surface area contributed by atoms with Crippen LogP contribution in [0.25, 0.3) is 22.8 Å². The Labute approximate surface area is 292 Å². The normalized spacial score (nSPS) is 10.1. The predicted octanol–water partition coefficient (Wildman–Crippen LogP) is 6.58. The molecule has 5 heterocycles. The Bertz CT molecular complexity index is 1210. The molecule has 253 valence electrons. The molecule has 0 saturated heterocycles. The number of hydrogen-bond acceptors (Lipinski definition) is 9. The smallest absolute Gasteiger partial charge is 0.0886 e. The number of rotatable bonds is 16. The summed E-state index contributed by atoms with van der Waals surface area (Å²) in [5.41, 5.74) is 3.66.